The van der Waals surface area contributed by atoms with E-state index in [1.165, 1.54) is 12.0 Å². The molecule has 0 bridgehead atoms. The number of carbonyl (C=O) groups is 1. The lowest BCUT2D eigenvalue weighted by Gasteiger charge is -2.24. The highest BCUT2D eigenvalue weighted by Gasteiger charge is 2.46. The first-order valence-electron chi connectivity index (χ1n) is 9.18. The Morgan fingerprint density at radius 3 is 2.75 bits per heavy atom. The summed E-state index contributed by atoms with van der Waals surface area (Å²) in [6.45, 7) is 8.57. The SMILES string of the molecule is CC(C)(C)SCCNC(=O)[C@H]1C[C@@H](c2ccccc2)N2CCC[C@H]12. The molecule has 1 amide bonds. The van der Waals surface area contributed by atoms with Crippen LogP contribution in [0.25, 0.3) is 0 Å². The molecule has 0 unspecified atom stereocenters. The third-order valence-electron chi connectivity index (χ3n) is 5.14. The van der Waals surface area contributed by atoms with Crippen molar-refractivity contribution in [1.82, 2.24) is 10.2 Å². The van der Waals surface area contributed by atoms with Gasteiger partial charge in [-0.1, -0.05) is 51.1 Å². The summed E-state index contributed by atoms with van der Waals surface area (Å²) in [7, 11) is 0. The minimum Gasteiger partial charge on any atom is -0.355 e. The lowest BCUT2D eigenvalue weighted by atomic mass is 9.93. The average Bonchev–Trinajstić information content (AvgIpc) is 3.13. The average molecular weight is 347 g/mol. The van der Waals surface area contributed by atoms with Gasteiger partial charge in [-0.15, -0.1) is 0 Å². The summed E-state index contributed by atoms with van der Waals surface area (Å²) in [4.78, 5) is 15.3. The molecule has 2 saturated heterocycles. The summed E-state index contributed by atoms with van der Waals surface area (Å²) < 4.78 is 0.263. The van der Waals surface area contributed by atoms with Crippen LogP contribution < -0.4 is 5.32 Å². The smallest absolute Gasteiger partial charge is 0.224 e. The normalized spacial score (nSPS) is 27.2. The molecule has 3 rings (SSSR count). The van der Waals surface area contributed by atoms with Crippen molar-refractivity contribution in [3.8, 4) is 0 Å². The van der Waals surface area contributed by atoms with Crippen molar-refractivity contribution >= 4 is 17.7 Å². The molecule has 0 radical (unpaired) electrons. The molecule has 2 aliphatic heterocycles. The Labute approximate surface area is 150 Å². The van der Waals surface area contributed by atoms with E-state index in [0.717, 1.165) is 31.7 Å². The van der Waals surface area contributed by atoms with Crippen molar-refractivity contribution in [2.45, 2.75) is 56.9 Å². The van der Waals surface area contributed by atoms with Crippen molar-refractivity contribution in [1.29, 1.82) is 0 Å². The van der Waals surface area contributed by atoms with E-state index in [1.807, 2.05) is 11.8 Å². The second-order valence-electron chi connectivity index (χ2n) is 7.97. The number of thioether (sulfide) groups is 1. The van der Waals surface area contributed by atoms with Crippen molar-refractivity contribution in [3.63, 3.8) is 0 Å². The highest BCUT2D eigenvalue weighted by molar-refractivity contribution is 8.00. The first-order chi connectivity index (χ1) is 11.5. The molecule has 1 aromatic carbocycles. The highest BCUT2D eigenvalue weighted by Crippen LogP contribution is 2.44. The van der Waals surface area contributed by atoms with Crippen LogP contribution in [0.3, 0.4) is 0 Å². The van der Waals surface area contributed by atoms with E-state index in [0.29, 0.717) is 12.1 Å². The van der Waals surface area contributed by atoms with Gasteiger partial charge in [0.05, 0.1) is 5.92 Å². The van der Waals surface area contributed by atoms with Crippen LogP contribution in [0, 0.1) is 5.92 Å². The lowest BCUT2D eigenvalue weighted by Crippen LogP contribution is -2.38. The topological polar surface area (TPSA) is 32.3 Å². The van der Waals surface area contributed by atoms with E-state index in [2.05, 4.69) is 61.3 Å². The van der Waals surface area contributed by atoms with Gasteiger partial charge in [0.15, 0.2) is 0 Å². The van der Waals surface area contributed by atoms with Crippen LogP contribution in [0.5, 0.6) is 0 Å². The molecule has 3 atom stereocenters. The maximum Gasteiger partial charge on any atom is 0.224 e. The zero-order chi connectivity index (χ0) is 17.2. The third-order valence-corrected chi connectivity index (χ3v) is 6.42. The Kier molecular flexibility index (Phi) is 5.56. The summed E-state index contributed by atoms with van der Waals surface area (Å²) in [5, 5.41) is 3.20. The number of nitrogens with zero attached hydrogens (tertiary/aromatic N) is 1. The maximum atomic E-state index is 12.7. The van der Waals surface area contributed by atoms with Gasteiger partial charge in [0.1, 0.15) is 0 Å². The Balaban J connectivity index is 1.58. The van der Waals surface area contributed by atoms with Crippen LogP contribution >= 0.6 is 11.8 Å². The summed E-state index contributed by atoms with van der Waals surface area (Å²) in [6, 6.07) is 11.6. The van der Waals surface area contributed by atoms with Crippen molar-refractivity contribution in [2.75, 3.05) is 18.8 Å². The molecule has 0 saturated carbocycles. The first-order valence-corrected chi connectivity index (χ1v) is 10.2. The van der Waals surface area contributed by atoms with Gasteiger partial charge in [-0.25, -0.2) is 0 Å². The second kappa shape index (κ2) is 7.49. The zero-order valence-electron chi connectivity index (χ0n) is 15.1. The number of carbonyl (C=O) groups excluding carboxylic acids is 1. The van der Waals surface area contributed by atoms with E-state index in [-0.39, 0.29) is 16.6 Å². The molecule has 2 aliphatic rings. The predicted octanol–water partition coefficient (Wildman–Crippen LogP) is 3.86. The van der Waals surface area contributed by atoms with Gasteiger partial charge >= 0.3 is 0 Å². The highest BCUT2D eigenvalue weighted by atomic mass is 32.2. The molecule has 2 heterocycles. The predicted molar refractivity (Wildman–Crippen MR) is 102 cm³/mol. The number of amides is 1. The van der Waals surface area contributed by atoms with E-state index in [4.69, 9.17) is 0 Å². The van der Waals surface area contributed by atoms with E-state index in [9.17, 15) is 4.79 Å². The lowest BCUT2D eigenvalue weighted by molar-refractivity contribution is -0.125. The quantitative estimate of drug-likeness (QED) is 0.822. The number of hydrogen-bond acceptors (Lipinski definition) is 3. The van der Waals surface area contributed by atoms with E-state index < -0.39 is 0 Å². The largest absolute Gasteiger partial charge is 0.355 e. The minimum atomic E-state index is 0.150. The monoisotopic (exact) mass is 346 g/mol. The van der Waals surface area contributed by atoms with Crippen LogP contribution in [0.15, 0.2) is 30.3 Å². The number of fused-ring (bicyclic) bond motifs is 1. The first kappa shape index (κ1) is 17.8. The standard InChI is InChI=1S/C20H30N2OS/c1-20(2,3)24-13-11-21-19(23)16-14-18(15-8-5-4-6-9-15)22-12-7-10-17(16)22/h4-6,8-9,16-18H,7,10-14H2,1-3H3,(H,21,23)/t16-,17+,18-/m0/s1. The molecule has 1 aromatic rings. The van der Waals surface area contributed by atoms with Crippen LogP contribution in [0.4, 0.5) is 0 Å². The van der Waals surface area contributed by atoms with E-state index in [1.54, 1.807) is 0 Å². The molecule has 24 heavy (non-hydrogen) atoms. The molecule has 3 nitrogen and oxygen atoms in total. The van der Waals surface area contributed by atoms with Crippen LogP contribution in [-0.2, 0) is 4.79 Å². The minimum absolute atomic E-state index is 0.150. The Bertz CT molecular complexity index is 555. The Morgan fingerprint density at radius 1 is 1.29 bits per heavy atom. The number of benzene rings is 1. The third kappa shape index (κ3) is 4.15. The molecule has 4 heteroatoms. The fourth-order valence-corrected chi connectivity index (χ4v) is 4.93. The molecule has 1 N–H and O–H groups in total. The molecular weight excluding hydrogens is 316 g/mol. The second-order valence-corrected chi connectivity index (χ2v) is 9.89. The Morgan fingerprint density at radius 2 is 2.04 bits per heavy atom. The van der Waals surface area contributed by atoms with Crippen molar-refractivity contribution in [3.05, 3.63) is 35.9 Å². The number of hydrogen-bond donors (Lipinski definition) is 1. The molecular formula is C20H30N2OS. The number of nitrogens with one attached hydrogen (secondary N) is 1. The van der Waals surface area contributed by atoms with Gasteiger partial charge in [-0.05, 0) is 31.4 Å². The van der Waals surface area contributed by atoms with Crippen molar-refractivity contribution < 1.29 is 4.79 Å². The molecule has 2 fully saturated rings. The maximum absolute atomic E-state index is 12.7. The van der Waals surface area contributed by atoms with Gasteiger partial charge < -0.3 is 5.32 Å². The fourth-order valence-electron chi connectivity index (χ4n) is 4.11. The van der Waals surface area contributed by atoms with Gasteiger partial charge in [0.25, 0.3) is 0 Å². The fraction of sp³-hybridized carbons (Fsp3) is 0.650. The van der Waals surface area contributed by atoms with Crippen molar-refractivity contribution in [2.24, 2.45) is 5.92 Å². The van der Waals surface area contributed by atoms with Gasteiger partial charge in [-0.2, -0.15) is 11.8 Å². The summed E-state index contributed by atoms with van der Waals surface area (Å²) in [5.74, 6) is 1.40. The molecule has 0 spiro atoms. The van der Waals surface area contributed by atoms with Crippen LogP contribution in [-0.4, -0.2) is 40.4 Å². The van der Waals surface area contributed by atoms with Gasteiger partial charge in [0.2, 0.25) is 5.91 Å². The number of rotatable bonds is 5. The molecule has 0 aliphatic carbocycles. The Hall–Kier alpha value is -1.00. The van der Waals surface area contributed by atoms with Crippen LogP contribution in [0.1, 0.15) is 51.6 Å². The summed E-state index contributed by atoms with van der Waals surface area (Å²) in [5.41, 5.74) is 1.36. The zero-order valence-corrected chi connectivity index (χ0v) is 15.9. The van der Waals surface area contributed by atoms with Crippen LogP contribution in [0.2, 0.25) is 0 Å². The van der Waals surface area contributed by atoms with Gasteiger partial charge in [-0.3, -0.25) is 9.69 Å². The molecule has 0 aromatic heterocycles. The van der Waals surface area contributed by atoms with Gasteiger partial charge in [0, 0.05) is 29.1 Å². The molecule has 132 valence electrons. The summed E-state index contributed by atoms with van der Waals surface area (Å²) >= 11 is 1.91. The summed E-state index contributed by atoms with van der Waals surface area (Å²) in [6.07, 6.45) is 3.35. The van der Waals surface area contributed by atoms with E-state index >= 15 is 0 Å².